The van der Waals surface area contributed by atoms with Crippen LogP contribution in [0.3, 0.4) is 0 Å². The predicted molar refractivity (Wildman–Crippen MR) is 83.0 cm³/mol. The Hall–Kier alpha value is -1.18. The van der Waals surface area contributed by atoms with Gasteiger partial charge in [0.25, 0.3) is 0 Å². The van der Waals surface area contributed by atoms with Crippen molar-refractivity contribution in [3.63, 3.8) is 0 Å². The quantitative estimate of drug-likeness (QED) is 0.938. The molecule has 21 heavy (non-hydrogen) atoms. The van der Waals surface area contributed by atoms with Crippen molar-refractivity contribution in [1.82, 2.24) is 15.1 Å². The monoisotopic (exact) mass is 325 g/mol. The molecule has 0 amide bonds. The van der Waals surface area contributed by atoms with Crippen molar-refractivity contribution in [2.45, 2.75) is 36.7 Å². The summed E-state index contributed by atoms with van der Waals surface area (Å²) in [6.07, 6.45) is 5.92. The van der Waals surface area contributed by atoms with Crippen molar-refractivity contribution in [2.24, 2.45) is 0 Å². The molecule has 0 saturated carbocycles. The second-order valence-corrected chi connectivity index (χ2v) is 8.30. The van der Waals surface area contributed by atoms with E-state index in [0.717, 1.165) is 38.0 Å². The largest absolute Gasteiger partial charge is 0.290 e. The molecule has 0 unspecified atom stereocenters. The van der Waals surface area contributed by atoms with Crippen LogP contribution in [-0.4, -0.2) is 36.3 Å². The molecule has 1 aliphatic heterocycles. The Balaban J connectivity index is 1.89. The van der Waals surface area contributed by atoms with Gasteiger partial charge in [-0.15, -0.1) is 0 Å². The molecule has 114 valence electrons. The van der Waals surface area contributed by atoms with Gasteiger partial charge in [0.15, 0.2) is 9.84 Å². The van der Waals surface area contributed by atoms with E-state index in [0.29, 0.717) is 4.90 Å². The van der Waals surface area contributed by atoms with Crippen LogP contribution >= 0.6 is 11.3 Å². The van der Waals surface area contributed by atoms with Crippen LogP contribution in [0.4, 0.5) is 0 Å². The summed E-state index contributed by atoms with van der Waals surface area (Å²) in [4.78, 5) is 2.69. The van der Waals surface area contributed by atoms with Crippen molar-refractivity contribution in [1.29, 1.82) is 0 Å². The molecule has 1 aliphatic rings. The van der Waals surface area contributed by atoms with Crippen molar-refractivity contribution in [2.75, 3.05) is 12.8 Å². The van der Waals surface area contributed by atoms with Gasteiger partial charge in [0.1, 0.15) is 4.90 Å². The molecule has 1 atom stereocenters. The summed E-state index contributed by atoms with van der Waals surface area (Å²) in [6, 6.07) is 2.23. The van der Waals surface area contributed by atoms with E-state index in [4.69, 9.17) is 0 Å². The molecule has 3 rings (SSSR count). The minimum atomic E-state index is -3.24. The highest BCUT2D eigenvalue weighted by Gasteiger charge is 2.30. The molecule has 0 aromatic carbocycles. The minimum Gasteiger partial charge on any atom is -0.290 e. The van der Waals surface area contributed by atoms with Crippen LogP contribution in [0.1, 0.15) is 36.6 Å². The average molecular weight is 325 g/mol. The molecule has 1 N–H and O–H groups in total. The van der Waals surface area contributed by atoms with Crippen molar-refractivity contribution < 1.29 is 8.42 Å². The topological polar surface area (TPSA) is 66.1 Å². The summed E-state index contributed by atoms with van der Waals surface area (Å²) < 4.78 is 23.8. The zero-order chi connectivity index (χ0) is 14.9. The molecule has 1 saturated heterocycles. The lowest BCUT2D eigenvalue weighted by atomic mass is 9.99. The van der Waals surface area contributed by atoms with E-state index in [9.17, 15) is 8.42 Å². The van der Waals surface area contributed by atoms with Gasteiger partial charge in [-0.1, -0.05) is 6.42 Å². The number of aromatic nitrogens is 2. The van der Waals surface area contributed by atoms with Crippen LogP contribution in [0.5, 0.6) is 0 Å². The fourth-order valence-corrected chi connectivity index (χ4v) is 4.43. The molecular formula is C14H19N3O2S2. The van der Waals surface area contributed by atoms with E-state index < -0.39 is 9.84 Å². The average Bonchev–Trinajstić information content (AvgIpc) is 3.08. The van der Waals surface area contributed by atoms with Crippen molar-refractivity contribution >= 4 is 21.2 Å². The van der Waals surface area contributed by atoms with Gasteiger partial charge in [-0.3, -0.25) is 10.00 Å². The summed E-state index contributed by atoms with van der Waals surface area (Å²) in [5.41, 5.74) is 2.03. The smallest absolute Gasteiger partial charge is 0.178 e. The highest BCUT2D eigenvalue weighted by atomic mass is 32.2. The predicted octanol–water partition coefficient (Wildman–Crippen LogP) is 2.60. The Morgan fingerprint density at radius 1 is 1.48 bits per heavy atom. The zero-order valence-corrected chi connectivity index (χ0v) is 13.6. The standard InChI is InChI=1S/C14H19N3O2S2/c1-21(18,19)13-8-15-16-14(13)12-4-2-3-6-17(12)9-11-5-7-20-10-11/h5,7-8,10,12H,2-4,6,9H2,1H3,(H,15,16)/t12-/m1/s1. The molecule has 5 nitrogen and oxygen atoms in total. The second kappa shape index (κ2) is 5.90. The van der Waals surface area contributed by atoms with Gasteiger partial charge in [-0.25, -0.2) is 8.42 Å². The Labute approximate surface area is 128 Å². The van der Waals surface area contributed by atoms with E-state index in [2.05, 4.69) is 31.9 Å². The normalized spacial score (nSPS) is 20.7. The molecule has 0 bridgehead atoms. The van der Waals surface area contributed by atoms with Gasteiger partial charge < -0.3 is 0 Å². The first kappa shape index (κ1) is 14.7. The van der Waals surface area contributed by atoms with E-state index in [-0.39, 0.29) is 6.04 Å². The number of likely N-dealkylation sites (tertiary alicyclic amines) is 1. The number of thiophene rings is 1. The molecule has 2 aromatic rings. The third kappa shape index (κ3) is 3.20. The Morgan fingerprint density at radius 2 is 2.33 bits per heavy atom. The fraction of sp³-hybridized carbons (Fsp3) is 0.500. The number of rotatable bonds is 4. The number of nitrogens with one attached hydrogen (secondary N) is 1. The Bertz CT molecular complexity index is 692. The van der Waals surface area contributed by atoms with Gasteiger partial charge in [0, 0.05) is 12.8 Å². The Kier molecular flexibility index (Phi) is 4.14. The van der Waals surface area contributed by atoms with E-state index in [1.165, 1.54) is 18.0 Å². The Morgan fingerprint density at radius 3 is 3.05 bits per heavy atom. The van der Waals surface area contributed by atoms with E-state index >= 15 is 0 Å². The maximum atomic E-state index is 11.9. The molecular weight excluding hydrogens is 306 g/mol. The first-order valence-electron chi connectivity index (χ1n) is 7.04. The first-order chi connectivity index (χ1) is 10.1. The molecule has 2 aromatic heterocycles. The van der Waals surface area contributed by atoms with E-state index in [1.807, 2.05) is 0 Å². The maximum absolute atomic E-state index is 11.9. The summed E-state index contributed by atoms with van der Waals surface area (Å²) in [5, 5.41) is 11.1. The van der Waals surface area contributed by atoms with Crippen LogP contribution in [0.15, 0.2) is 27.9 Å². The van der Waals surface area contributed by atoms with Crippen LogP contribution in [0.2, 0.25) is 0 Å². The molecule has 7 heteroatoms. The van der Waals surface area contributed by atoms with E-state index in [1.54, 1.807) is 11.3 Å². The lowest BCUT2D eigenvalue weighted by molar-refractivity contribution is 0.135. The van der Waals surface area contributed by atoms with Gasteiger partial charge >= 0.3 is 0 Å². The first-order valence-corrected chi connectivity index (χ1v) is 9.87. The van der Waals surface area contributed by atoms with Crippen molar-refractivity contribution in [3.05, 3.63) is 34.3 Å². The number of H-pyrrole nitrogens is 1. The molecule has 0 spiro atoms. The number of nitrogens with zero attached hydrogens (tertiary/aromatic N) is 2. The highest BCUT2D eigenvalue weighted by molar-refractivity contribution is 7.90. The third-order valence-corrected chi connectivity index (χ3v) is 5.80. The fourth-order valence-electron chi connectivity index (χ4n) is 2.94. The number of piperidine rings is 1. The second-order valence-electron chi connectivity index (χ2n) is 5.53. The lowest BCUT2D eigenvalue weighted by Gasteiger charge is -2.35. The van der Waals surface area contributed by atoms with Gasteiger partial charge in [-0.05, 0) is 41.8 Å². The number of aromatic amines is 1. The van der Waals surface area contributed by atoms with Crippen LogP contribution in [0.25, 0.3) is 0 Å². The molecule has 0 radical (unpaired) electrons. The van der Waals surface area contributed by atoms with Gasteiger partial charge in [0.05, 0.1) is 17.9 Å². The number of hydrogen-bond acceptors (Lipinski definition) is 5. The highest BCUT2D eigenvalue weighted by Crippen LogP contribution is 2.34. The summed E-state index contributed by atoms with van der Waals surface area (Å²) in [5.74, 6) is 0. The van der Waals surface area contributed by atoms with Gasteiger partial charge in [0.2, 0.25) is 0 Å². The SMILES string of the molecule is CS(=O)(=O)c1cn[nH]c1[C@H]1CCCCN1Cc1ccsc1. The minimum absolute atomic E-state index is 0.103. The van der Waals surface area contributed by atoms with Crippen LogP contribution < -0.4 is 0 Å². The third-order valence-electron chi connectivity index (χ3n) is 3.94. The summed E-state index contributed by atoms with van der Waals surface area (Å²) >= 11 is 1.69. The number of hydrogen-bond donors (Lipinski definition) is 1. The van der Waals surface area contributed by atoms with Crippen molar-refractivity contribution in [3.8, 4) is 0 Å². The van der Waals surface area contributed by atoms with Crippen LogP contribution in [0, 0.1) is 0 Å². The van der Waals surface area contributed by atoms with Crippen LogP contribution in [-0.2, 0) is 16.4 Å². The number of sulfone groups is 1. The summed E-state index contributed by atoms with van der Waals surface area (Å²) in [7, 11) is -3.24. The molecule has 3 heterocycles. The zero-order valence-electron chi connectivity index (χ0n) is 11.9. The molecule has 1 fully saturated rings. The maximum Gasteiger partial charge on any atom is 0.178 e. The summed E-state index contributed by atoms with van der Waals surface area (Å²) in [6.45, 7) is 1.85. The van der Waals surface area contributed by atoms with Gasteiger partial charge in [-0.2, -0.15) is 16.4 Å². The lowest BCUT2D eigenvalue weighted by Crippen LogP contribution is -2.33. The molecule has 0 aliphatic carbocycles.